The van der Waals surface area contributed by atoms with Crippen molar-refractivity contribution < 1.29 is 0 Å². The molecule has 0 heterocycles. The fourth-order valence-electron chi connectivity index (χ4n) is 2.27. The number of nitrogens with two attached hydrogens (primary N) is 1. The van der Waals surface area contributed by atoms with E-state index in [0.717, 1.165) is 20.7 Å². The fraction of sp³-hybridized carbons (Fsp3) is 0.294. The Morgan fingerprint density at radius 2 is 1.62 bits per heavy atom. The highest BCUT2D eigenvalue weighted by molar-refractivity contribution is 9.10. The Kier molecular flexibility index (Phi) is 5.31. The molecule has 0 fully saturated rings. The SMILES string of the molecule is CC(N)c1ccc(N(C)C(C)c2ccc(Cl)cc2)c(Br)c1. The fourth-order valence-corrected chi connectivity index (χ4v) is 3.07. The number of hydrogen-bond acceptors (Lipinski definition) is 2. The summed E-state index contributed by atoms with van der Waals surface area (Å²) in [6.07, 6.45) is 0. The number of nitrogens with zero attached hydrogens (tertiary/aromatic N) is 1. The lowest BCUT2D eigenvalue weighted by molar-refractivity contribution is 0.737. The number of hydrogen-bond donors (Lipinski definition) is 1. The van der Waals surface area contributed by atoms with Crippen molar-refractivity contribution in [2.75, 3.05) is 11.9 Å². The van der Waals surface area contributed by atoms with Crippen LogP contribution in [0.25, 0.3) is 0 Å². The summed E-state index contributed by atoms with van der Waals surface area (Å²) in [4.78, 5) is 2.23. The van der Waals surface area contributed by atoms with Gasteiger partial charge in [0.2, 0.25) is 0 Å². The van der Waals surface area contributed by atoms with Crippen molar-refractivity contribution in [2.45, 2.75) is 25.9 Å². The van der Waals surface area contributed by atoms with E-state index >= 15 is 0 Å². The van der Waals surface area contributed by atoms with E-state index in [0.29, 0.717) is 0 Å². The molecule has 0 bridgehead atoms. The molecule has 2 rings (SSSR count). The van der Waals surface area contributed by atoms with Crippen LogP contribution in [0, 0.1) is 0 Å². The van der Waals surface area contributed by atoms with Crippen LogP contribution < -0.4 is 10.6 Å². The van der Waals surface area contributed by atoms with Crippen LogP contribution in [0.1, 0.15) is 37.1 Å². The van der Waals surface area contributed by atoms with Crippen molar-refractivity contribution in [3.8, 4) is 0 Å². The minimum absolute atomic E-state index is 0.0364. The smallest absolute Gasteiger partial charge is 0.0513 e. The summed E-state index contributed by atoms with van der Waals surface area (Å²) < 4.78 is 1.06. The standard InChI is InChI=1S/C17H20BrClN2/c1-11(20)14-6-9-17(16(18)10-14)21(3)12(2)13-4-7-15(19)8-5-13/h4-12H,20H2,1-3H3. The van der Waals surface area contributed by atoms with E-state index in [9.17, 15) is 0 Å². The summed E-state index contributed by atoms with van der Waals surface area (Å²) in [7, 11) is 2.09. The molecule has 4 heteroatoms. The van der Waals surface area contributed by atoms with Crippen LogP contribution >= 0.6 is 27.5 Å². The first-order valence-electron chi connectivity index (χ1n) is 6.93. The summed E-state index contributed by atoms with van der Waals surface area (Å²) in [5, 5.41) is 0.760. The maximum atomic E-state index is 5.95. The molecule has 21 heavy (non-hydrogen) atoms. The van der Waals surface area contributed by atoms with Gasteiger partial charge in [0.25, 0.3) is 0 Å². The summed E-state index contributed by atoms with van der Waals surface area (Å²) in [5.41, 5.74) is 9.42. The summed E-state index contributed by atoms with van der Waals surface area (Å²) in [6, 6.07) is 14.5. The van der Waals surface area contributed by atoms with Gasteiger partial charge in [-0.1, -0.05) is 29.8 Å². The summed E-state index contributed by atoms with van der Waals surface area (Å²) >= 11 is 9.60. The van der Waals surface area contributed by atoms with Gasteiger partial charge in [0.05, 0.1) is 11.7 Å². The third kappa shape index (κ3) is 3.79. The molecule has 2 aromatic carbocycles. The van der Waals surface area contributed by atoms with Crippen LogP contribution in [0.15, 0.2) is 46.9 Å². The van der Waals surface area contributed by atoms with Crippen molar-refractivity contribution in [1.82, 2.24) is 0 Å². The zero-order chi connectivity index (χ0) is 15.6. The topological polar surface area (TPSA) is 29.3 Å². The maximum absolute atomic E-state index is 5.95. The van der Waals surface area contributed by atoms with Gasteiger partial charge in [-0.2, -0.15) is 0 Å². The molecule has 2 N–H and O–H groups in total. The van der Waals surface area contributed by atoms with Crippen LogP contribution in [-0.4, -0.2) is 7.05 Å². The van der Waals surface area contributed by atoms with Crippen LogP contribution in [-0.2, 0) is 0 Å². The molecule has 0 aliphatic carbocycles. The second kappa shape index (κ2) is 6.82. The van der Waals surface area contributed by atoms with Gasteiger partial charge in [-0.25, -0.2) is 0 Å². The monoisotopic (exact) mass is 366 g/mol. The van der Waals surface area contributed by atoms with Crippen molar-refractivity contribution >= 4 is 33.2 Å². The van der Waals surface area contributed by atoms with E-state index in [4.69, 9.17) is 17.3 Å². The highest BCUT2D eigenvalue weighted by atomic mass is 79.9. The quantitative estimate of drug-likeness (QED) is 0.792. The molecule has 0 saturated heterocycles. The van der Waals surface area contributed by atoms with Crippen LogP contribution in [0.3, 0.4) is 0 Å². The second-order valence-electron chi connectivity index (χ2n) is 5.34. The minimum Gasteiger partial charge on any atom is -0.367 e. The molecular formula is C17H20BrClN2. The molecule has 0 saturated carbocycles. The number of rotatable bonds is 4. The number of anilines is 1. The average molecular weight is 368 g/mol. The summed E-state index contributed by atoms with van der Waals surface area (Å²) in [5.74, 6) is 0. The van der Waals surface area contributed by atoms with Gasteiger partial charge in [0.1, 0.15) is 0 Å². The minimum atomic E-state index is 0.0364. The first kappa shape index (κ1) is 16.3. The maximum Gasteiger partial charge on any atom is 0.0513 e. The first-order valence-corrected chi connectivity index (χ1v) is 8.10. The molecular weight excluding hydrogens is 348 g/mol. The Labute approximate surface area is 140 Å². The van der Waals surface area contributed by atoms with Crippen molar-refractivity contribution in [2.24, 2.45) is 5.73 Å². The van der Waals surface area contributed by atoms with E-state index in [1.54, 1.807) is 0 Å². The lowest BCUT2D eigenvalue weighted by Crippen LogP contribution is -2.22. The molecule has 2 aromatic rings. The molecule has 2 nitrogen and oxygen atoms in total. The van der Waals surface area contributed by atoms with Crippen molar-refractivity contribution in [3.63, 3.8) is 0 Å². The Balaban J connectivity index is 2.26. The van der Waals surface area contributed by atoms with Crippen molar-refractivity contribution in [3.05, 3.63) is 63.1 Å². The van der Waals surface area contributed by atoms with E-state index in [-0.39, 0.29) is 12.1 Å². The average Bonchev–Trinajstić information content (AvgIpc) is 2.46. The molecule has 2 unspecified atom stereocenters. The molecule has 0 aliphatic rings. The predicted octanol–water partition coefficient (Wildman–Crippen LogP) is 5.32. The first-order chi connectivity index (χ1) is 9.90. The molecule has 0 spiro atoms. The third-order valence-corrected chi connectivity index (χ3v) is 4.70. The third-order valence-electron chi connectivity index (χ3n) is 3.81. The van der Waals surface area contributed by atoms with Gasteiger partial charge in [0, 0.05) is 22.6 Å². The van der Waals surface area contributed by atoms with Crippen LogP contribution in [0.5, 0.6) is 0 Å². The lowest BCUT2D eigenvalue weighted by Gasteiger charge is -2.29. The highest BCUT2D eigenvalue weighted by Gasteiger charge is 2.15. The van der Waals surface area contributed by atoms with E-state index < -0.39 is 0 Å². The van der Waals surface area contributed by atoms with Gasteiger partial charge in [-0.05, 0) is 65.2 Å². The number of benzene rings is 2. The normalized spacial score (nSPS) is 13.8. The number of halogens is 2. The molecule has 0 aromatic heterocycles. The van der Waals surface area contributed by atoms with Gasteiger partial charge in [-0.3, -0.25) is 0 Å². The Morgan fingerprint density at radius 1 is 1.05 bits per heavy atom. The van der Waals surface area contributed by atoms with E-state index in [1.165, 1.54) is 5.56 Å². The second-order valence-corrected chi connectivity index (χ2v) is 6.63. The Hall–Kier alpha value is -1.03. The van der Waals surface area contributed by atoms with Crippen LogP contribution in [0.2, 0.25) is 5.02 Å². The molecule has 112 valence electrons. The van der Waals surface area contributed by atoms with Gasteiger partial charge in [0.15, 0.2) is 0 Å². The molecule has 0 aliphatic heterocycles. The summed E-state index contributed by atoms with van der Waals surface area (Å²) in [6.45, 7) is 4.16. The van der Waals surface area contributed by atoms with Gasteiger partial charge in [-0.15, -0.1) is 0 Å². The zero-order valence-electron chi connectivity index (χ0n) is 12.5. The van der Waals surface area contributed by atoms with Gasteiger partial charge < -0.3 is 10.6 Å². The Morgan fingerprint density at radius 3 is 2.14 bits per heavy atom. The Bertz CT molecular complexity index is 611. The predicted molar refractivity (Wildman–Crippen MR) is 95.0 cm³/mol. The van der Waals surface area contributed by atoms with Crippen molar-refractivity contribution in [1.29, 1.82) is 0 Å². The lowest BCUT2D eigenvalue weighted by atomic mass is 10.1. The molecule has 0 radical (unpaired) electrons. The van der Waals surface area contributed by atoms with E-state index in [2.05, 4.69) is 65.1 Å². The molecule has 2 atom stereocenters. The highest BCUT2D eigenvalue weighted by Crippen LogP contribution is 2.33. The molecule has 0 amide bonds. The van der Waals surface area contributed by atoms with E-state index in [1.807, 2.05) is 19.1 Å². The van der Waals surface area contributed by atoms with Gasteiger partial charge >= 0.3 is 0 Å². The zero-order valence-corrected chi connectivity index (χ0v) is 14.8. The largest absolute Gasteiger partial charge is 0.367 e. The van der Waals surface area contributed by atoms with Crippen LogP contribution in [0.4, 0.5) is 5.69 Å².